The Hall–Kier alpha value is -0.610. The van der Waals surface area contributed by atoms with Crippen LogP contribution in [-0.2, 0) is 4.79 Å². The highest BCUT2D eigenvalue weighted by Gasteiger charge is 2.28. The summed E-state index contributed by atoms with van der Waals surface area (Å²) in [7, 11) is 0. The van der Waals surface area contributed by atoms with Crippen molar-refractivity contribution < 1.29 is 4.79 Å². The molecule has 1 saturated carbocycles. The monoisotopic (exact) mass is 281 g/mol. The van der Waals surface area contributed by atoms with Crippen molar-refractivity contribution in [2.24, 2.45) is 23.5 Å². The summed E-state index contributed by atoms with van der Waals surface area (Å²) in [6, 6.07) is 0.382. The first-order valence-electron chi connectivity index (χ1n) is 8.32. The fourth-order valence-corrected chi connectivity index (χ4v) is 3.62. The van der Waals surface area contributed by atoms with Crippen LogP contribution in [0.4, 0.5) is 0 Å². The lowest BCUT2D eigenvalue weighted by atomic mass is 9.78. The lowest BCUT2D eigenvalue weighted by molar-refractivity contribution is -0.124. The topological polar surface area (TPSA) is 58.4 Å². The smallest absolute Gasteiger partial charge is 0.234 e. The highest BCUT2D eigenvalue weighted by Crippen LogP contribution is 2.29. The maximum absolute atomic E-state index is 12.2. The van der Waals surface area contributed by atoms with Crippen LogP contribution in [-0.4, -0.2) is 43.0 Å². The molecule has 0 aromatic carbocycles. The predicted molar refractivity (Wildman–Crippen MR) is 82.3 cm³/mol. The van der Waals surface area contributed by atoms with Crippen LogP contribution in [0.3, 0.4) is 0 Å². The van der Waals surface area contributed by atoms with Gasteiger partial charge in [0.25, 0.3) is 0 Å². The predicted octanol–water partition coefficient (Wildman–Crippen LogP) is 1.60. The number of likely N-dealkylation sites (tertiary alicyclic amines) is 1. The molecule has 4 heteroatoms. The van der Waals surface area contributed by atoms with Crippen molar-refractivity contribution in [1.82, 2.24) is 10.2 Å². The SMILES string of the molecule is CC1CCCC(NC(=O)CN2CCC(CN)CC2)C1C. The van der Waals surface area contributed by atoms with E-state index in [1.807, 2.05) is 0 Å². The van der Waals surface area contributed by atoms with E-state index in [0.29, 0.717) is 24.4 Å². The van der Waals surface area contributed by atoms with Gasteiger partial charge >= 0.3 is 0 Å². The van der Waals surface area contributed by atoms with Crippen LogP contribution in [0.2, 0.25) is 0 Å². The van der Waals surface area contributed by atoms with Gasteiger partial charge in [0, 0.05) is 6.04 Å². The molecule has 2 fully saturated rings. The van der Waals surface area contributed by atoms with Crippen molar-refractivity contribution >= 4 is 5.91 Å². The van der Waals surface area contributed by atoms with Crippen molar-refractivity contribution in [2.45, 2.75) is 52.0 Å². The maximum Gasteiger partial charge on any atom is 0.234 e. The molecule has 1 heterocycles. The quantitative estimate of drug-likeness (QED) is 0.823. The summed E-state index contributed by atoms with van der Waals surface area (Å²) in [5.41, 5.74) is 5.70. The summed E-state index contributed by atoms with van der Waals surface area (Å²) in [6.45, 7) is 7.98. The summed E-state index contributed by atoms with van der Waals surface area (Å²) in [5.74, 6) is 2.21. The molecule has 0 aromatic rings. The fraction of sp³-hybridized carbons (Fsp3) is 0.938. The molecule has 1 amide bonds. The molecule has 2 aliphatic rings. The Morgan fingerprint density at radius 2 is 1.90 bits per heavy atom. The van der Waals surface area contributed by atoms with Gasteiger partial charge in [-0.3, -0.25) is 9.69 Å². The van der Waals surface area contributed by atoms with Crippen molar-refractivity contribution in [3.63, 3.8) is 0 Å². The lowest BCUT2D eigenvalue weighted by Gasteiger charge is -2.36. The zero-order chi connectivity index (χ0) is 14.5. The molecule has 0 bridgehead atoms. The van der Waals surface area contributed by atoms with Crippen molar-refractivity contribution in [1.29, 1.82) is 0 Å². The Bertz CT molecular complexity index is 313. The van der Waals surface area contributed by atoms with Crippen molar-refractivity contribution in [3.05, 3.63) is 0 Å². The van der Waals surface area contributed by atoms with E-state index in [9.17, 15) is 4.79 Å². The van der Waals surface area contributed by atoms with Crippen LogP contribution in [0, 0.1) is 17.8 Å². The molecule has 3 atom stereocenters. The van der Waals surface area contributed by atoms with Crippen molar-refractivity contribution in [2.75, 3.05) is 26.2 Å². The summed E-state index contributed by atoms with van der Waals surface area (Å²) in [4.78, 5) is 14.5. The normalized spacial score (nSPS) is 33.0. The van der Waals surface area contributed by atoms with Gasteiger partial charge in [0.1, 0.15) is 0 Å². The second-order valence-corrected chi connectivity index (χ2v) is 6.90. The van der Waals surface area contributed by atoms with E-state index in [0.717, 1.165) is 44.8 Å². The van der Waals surface area contributed by atoms with Crippen molar-refractivity contribution in [3.8, 4) is 0 Å². The molecule has 0 aromatic heterocycles. The zero-order valence-corrected chi connectivity index (χ0v) is 13.1. The number of piperidine rings is 1. The van der Waals surface area contributed by atoms with E-state index in [4.69, 9.17) is 5.73 Å². The van der Waals surface area contributed by atoms with Crippen LogP contribution in [0.25, 0.3) is 0 Å². The first-order chi connectivity index (χ1) is 9.60. The van der Waals surface area contributed by atoms with E-state index in [2.05, 4.69) is 24.1 Å². The van der Waals surface area contributed by atoms with Gasteiger partial charge in [-0.1, -0.05) is 26.7 Å². The molecule has 1 saturated heterocycles. The molecule has 3 N–H and O–H groups in total. The van der Waals surface area contributed by atoms with Gasteiger partial charge in [0.15, 0.2) is 0 Å². The largest absolute Gasteiger partial charge is 0.352 e. The van der Waals surface area contributed by atoms with E-state index in [-0.39, 0.29) is 5.91 Å². The Kier molecular flexibility index (Phi) is 5.85. The van der Waals surface area contributed by atoms with E-state index in [1.165, 1.54) is 12.8 Å². The number of nitrogens with two attached hydrogens (primary N) is 1. The Morgan fingerprint density at radius 1 is 1.20 bits per heavy atom. The van der Waals surface area contributed by atoms with E-state index in [1.54, 1.807) is 0 Å². The number of rotatable bonds is 4. The third-order valence-electron chi connectivity index (χ3n) is 5.46. The highest BCUT2D eigenvalue weighted by atomic mass is 16.2. The van der Waals surface area contributed by atoms with E-state index < -0.39 is 0 Å². The molecule has 3 unspecified atom stereocenters. The minimum absolute atomic E-state index is 0.210. The molecule has 0 spiro atoms. The summed E-state index contributed by atoms with van der Waals surface area (Å²) >= 11 is 0. The first kappa shape index (κ1) is 15.8. The standard InChI is InChI=1S/C16H31N3O/c1-12-4-3-5-15(13(12)2)18-16(20)11-19-8-6-14(10-17)7-9-19/h12-15H,3-11,17H2,1-2H3,(H,18,20). The van der Waals surface area contributed by atoms with Gasteiger partial charge < -0.3 is 11.1 Å². The summed E-state index contributed by atoms with van der Waals surface area (Å²) in [6.07, 6.45) is 5.98. The molecule has 20 heavy (non-hydrogen) atoms. The van der Waals surface area contributed by atoms with Gasteiger partial charge in [-0.25, -0.2) is 0 Å². The first-order valence-corrected chi connectivity index (χ1v) is 8.32. The van der Waals surface area contributed by atoms with Crippen LogP contribution in [0.1, 0.15) is 46.0 Å². The van der Waals surface area contributed by atoms with Gasteiger partial charge in [0.05, 0.1) is 6.54 Å². The third-order valence-corrected chi connectivity index (χ3v) is 5.46. The van der Waals surface area contributed by atoms with Gasteiger partial charge in [-0.15, -0.1) is 0 Å². The number of nitrogens with one attached hydrogen (secondary N) is 1. The molecule has 116 valence electrons. The Morgan fingerprint density at radius 3 is 2.55 bits per heavy atom. The summed E-state index contributed by atoms with van der Waals surface area (Å²) in [5, 5.41) is 3.27. The molecule has 0 radical (unpaired) electrons. The van der Waals surface area contributed by atoms with Crippen LogP contribution in [0.15, 0.2) is 0 Å². The van der Waals surface area contributed by atoms with Crippen LogP contribution in [0.5, 0.6) is 0 Å². The van der Waals surface area contributed by atoms with Crippen LogP contribution >= 0.6 is 0 Å². The molecular formula is C16H31N3O. The van der Waals surface area contributed by atoms with E-state index >= 15 is 0 Å². The molecule has 1 aliphatic heterocycles. The number of hydrogen-bond donors (Lipinski definition) is 2. The minimum atomic E-state index is 0.210. The molecule has 4 nitrogen and oxygen atoms in total. The second kappa shape index (κ2) is 7.41. The van der Waals surface area contributed by atoms with Gasteiger partial charge in [-0.2, -0.15) is 0 Å². The average molecular weight is 281 g/mol. The fourth-order valence-electron chi connectivity index (χ4n) is 3.62. The maximum atomic E-state index is 12.2. The van der Waals surface area contributed by atoms with Gasteiger partial charge in [-0.05, 0) is 56.7 Å². The Balaban J connectivity index is 1.72. The number of carbonyl (C=O) groups excluding carboxylic acids is 1. The highest BCUT2D eigenvalue weighted by molar-refractivity contribution is 5.78. The van der Waals surface area contributed by atoms with Gasteiger partial charge in [0.2, 0.25) is 5.91 Å². The minimum Gasteiger partial charge on any atom is -0.352 e. The lowest BCUT2D eigenvalue weighted by Crippen LogP contribution is -2.48. The number of carbonyl (C=O) groups is 1. The summed E-state index contributed by atoms with van der Waals surface area (Å²) < 4.78 is 0. The third kappa shape index (κ3) is 4.19. The number of nitrogens with zero attached hydrogens (tertiary/aromatic N) is 1. The molecular weight excluding hydrogens is 250 g/mol. The van der Waals surface area contributed by atoms with Crippen LogP contribution < -0.4 is 11.1 Å². The molecule has 2 rings (SSSR count). The zero-order valence-electron chi connectivity index (χ0n) is 13.1. The average Bonchev–Trinajstić information content (AvgIpc) is 2.45. The number of hydrogen-bond acceptors (Lipinski definition) is 3. The molecule has 1 aliphatic carbocycles. The Labute approximate surface area is 123 Å². The second-order valence-electron chi connectivity index (χ2n) is 6.90. The number of amides is 1.